The average Bonchev–Trinajstić information content (AvgIpc) is 3.31. The van der Waals surface area contributed by atoms with Crippen LogP contribution in [0.3, 0.4) is 0 Å². The number of benzene rings is 2. The predicted octanol–water partition coefficient (Wildman–Crippen LogP) is 3.02. The molecule has 3 heterocycles. The number of hydrogen-bond donors (Lipinski definition) is 0. The molecule has 0 saturated heterocycles. The second kappa shape index (κ2) is 6.97. The van der Waals surface area contributed by atoms with Crippen molar-refractivity contribution in [1.82, 2.24) is 18.7 Å². The molecule has 158 valence electrons. The van der Waals surface area contributed by atoms with Gasteiger partial charge >= 0.3 is 5.69 Å². The summed E-state index contributed by atoms with van der Waals surface area (Å²) in [6, 6.07) is 14.1. The van der Waals surface area contributed by atoms with Crippen molar-refractivity contribution in [3.8, 4) is 0 Å². The van der Waals surface area contributed by atoms with Gasteiger partial charge in [0.2, 0.25) is 5.95 Å². The van der Waals surface area contributed by atoms with Gasteiger partial charge in [0.15, 0.2) is 11.2 Å². The third kappa shape index (κ3) is 2.91. The summed E-state index contributed by atoms with van der Waals surface area (Å²) in [4.78, 5) is 33.4. The number of nitrogens with zero attached hydrogens (tertiary/aromatic N) is 5. The zero-order valence-electron chi connectivity index (χ0n) is 18.2. The Hall–Kier alpha value is -3.61. The van der Waals surface area contributed by atoms with E-state index < -0.39 is 0 Å². The van der Waals surface area contributed by atoms with Gasteiger partial charge in [-0.05, 0) is 43.5 Å². The Morgan fingerprint density at radius 2 is 1.74 bits per heavy atom. The van der Waals surface area contributed by atoms with Crippen molar-refractivity contribution in [2.45, 2.75) is 33.9 Å². The van der Waals surface area contributed by atoms with Gasteiger partial charge in [-0.1, -0.05) is 42.0 Å². The Labute approximate surface area is 179 Å². The third-order valence-electron chi connectivity index (χ3n) is 6.23. The number of fused-ring (bicyclic) bond motifs is 3. The monoisotopic (exact) mass is 415 g/mol. The van der Waals surface area contributed by atoms with E-state index in [9.17, 15) is 9.59 Å². The van der Waals surface area contributed by atoms with Gasteiger partial charge in [0.1, 0.15) is 0 Å². The first-order chi connectivity index (χ1) is 14.9. The molecule has 0 N–H and O–H groups in total. The summed E-state index contributed by atoms with van der Waals surface area (Å²) < 4.78 is 4.75. The fraction of sp³-hybridized carbons (Fsp3) is 0.292. The number of hydrogen-bond acceptors (Lipinski definition) is 4. The Morgan fingerprint density at radius 1 is 0.968 bits per heavy atom. The lowest BCUT2D eigenvalue weighted by Crippen LogP contribution is -2.40. The number of aromatic nitrogens is 4. The molecule has 4 aromatic rings. The van der Waals surface area contributed by atoms with Gasteiger partial charge < -0.3 is 9.47 Å². The molecule has 1 aliphatic rings. The molecule has 0 aliphatic carbocycles. The van der Waals surface area contributed by atoms with Crippen LogP contribution < -0.4 is 16.1 Å². The summed E-state index contributed by atoms with van der Waals surface area (Å²) in [6.45, 7) is 7.78. The molecule has 0 amide bonds. The Balaban J connectivity index is 1.69. The van der Waals surface area contributed by atoms with E-state index in [2.05, 4.69) is 36.9 Å². The van der Waals surface area contributed by atoms with Gasteiger partial charge in [-0.2, -0.15) is 4.98 Å². The van der Waals surface area contributed by atoms with E-state index in [0.717, 1.165) is 28.9 Å². The molecule has 0 fully saturated rings. The van der Waals surface area contributed by atoms with Gasteiger partial charge in [0, 0.05) is 25.8 Å². The minimum absolute atomic E-state index is 0.245. The van der Waals surface area contributed by atoms with Crippen molar-refractivity contribution in [2.24, 2.45) is 7.05 Å². The van der Waals surface area contributed by atoms with Crippen LogP contribution >= 0.6 is 0 Å². The topological polar surface area (TPSA) is 65.1 Å². The lowest BCUT2D eigenvalue weighted by molar-refractivity contribution is 0.650. The van der Waals surface area contributed by atoms with Crippen molar-refractivity contribution in [1.29, 1.82) is 0 Å². The van der Waals surface area contributed by atoms with Crippen LogP contribution in [0.15, 0.2) is 52.1 Å². The Bertz CT molecular complexity index is 1460. The van der Waals surface area contributed by atoms with Crippen molar-refractivity contribution < 1.29 is 0 Å². The highest BCUT2D eigenvalue weighted by molar-refractivity contribution is 5.78. The number of rotatable bonds is 3. The lowest BCUT2D eigenvalue weighted by Gasteiger charge is -2.19. The zero-order chi connectivity index (χ0) is 21.9. The number of aryl methyl sites for hydroxylation is 4. The quantitative estimate of drug-likeness (QED) is 0.516. The second-order valence-electron chi connectivity index (χ2n) is 8.34. The van der Waals surface area contributed by atoms with Gasteiger partial charge in [0.05, 0.1) is 6.54 Å². The summed E-state index contributed by atoms with van der Waals surface area (Å²) >= 11 is 0. The van der Waals surface area contributed by atoms with E-state index in [1.807, 2.05) is 35.8 Å². The van der Waals surface area contributed by atoms with Crippen LogP contribution in [-0.2, 0) is 20.1 Å². The highest BCUT2D eigenvalue weighted by Crippen LogP contribution is 2.33. The maximum Gasteiger partial charge on any atom is 0.332 e. The maximum atomic E-state index is 13.5. The maximum absolute atomic E-state index is 13.5. The fourth-order valence-electron chi connectivity index (χ4n) is 4.51. The van der Waals surface area contributed by atoms with E-state index in [1.54, 1.807) is 7.05 Å². The van der Waals surface area contributed by atoms with E-state index in [0.29, 0.717) is 23.7 Å². The molecule has 31 heavy (non-hydrogen) atoms. The van der Waals surface area contributed by atoms with Gasteiger partial charge in [-0.25, -0.2) is 4.79 Å². The van der Waals surface area contributed by atoms with Gasteiger partial charge in [-0.15, -0.1) is 0 Å². The molecule has 2 aromatic heterocycles. The Kier molecular flexibility index (Phi) is 4.36. The van der Waals surface area contributed by atoms with Crippen LogP contribution in [0.1, 0.15) is 22.3 Å². The molecular formula is C24H25N5O2. The summed E-state index contributed by atoms with van der Waals surface area (Å²) in [5, 5.41) is 0. The third-order valence-corrected chi connectivity index (χ3v) is 6.23. The fourth-order valence-corrected chi connectivity index (χ4v) is 4.51. The molecule has 0 unspecified atom stereocenters. The lowest BCUT2D eigenvalue weighted by atomic mass is 10.1. The molecule has 0 saturated carbocycles. The molecule has 0 radical (unpaired) electrons. The van der Waals surface area contributed by atoms with Crippen molar-refractivity contribution in [2.75, 3.05) is 11.4 Å². The molecule has 2 aromatic carbocycles. The smallest absolute Gasteiger partial charge is 0.310 e. The first-order valence-corrected chi connectivity index (χ1v) is 10.5. The van der Waals surface area contributed by atoms with Crippen LogP contribution in [0.2, 0.25) is 0 Å². The first-order valence-electron chi connectivity index (χ1n) is 10.5. The van der Waals surface area contributed by atoms with Gasteiger partial charge in [-0.3, -0.25) is 13.9 Å². The van der Waals surface area contributed by atoms with E-state index >= 15 is 0 Å². The van der Waals surface area contributed by atoms with Crippen LogP contribution in [0.5, 0.6) is 0 Å². The van der Waals surface area contributed by atoms with Crippen molar-refractivity contribution in [3.63, 3.8) is 0 Å². The Morgan fingerprint density at radius 3 is 2.48 bits per heavy atom. The zero-order valence-corrected chi connectivity index (χ0v) is 18.2. The van der Waals surface area contributed by atoms with E-state index in [-0.39, 0.29) is 17.8 Å². The summed E-state index contributed by atoms with van der Waals surface area (Å²) in [7, 11) is 1.68. The summed E-state index contributed by atoms with van der Waals surface area (Å²) in [5.41, 5.74) is 5.72. The minimum Gasteiger partial charge on any atom is -0.310 e. The second-order valence-corrected chi connectivity index (χ2v) is 8.34. The first kappa shape index (κ1) is 19.4. The number of imidazole rings is 1. The predicted molar refractivity (Wildman–Crippen MR) is 122 cm³/mol. The number of anilines is 2. The average molecular weight is 415 g/mol. The molecule has 7 heteroatoms. The summed E-state index contributed by atoms with van der Waals surface area (Å²) in [6.07, 6.45) is 0. The normalized spacial score (nSPS) is 13.2. The molecule has 1 aliphatic heterocycles. The molecule has 0 bridgehead atoms. The van der Waals surface area contributed by atoms with Crippen LogP contribution in [0.25, 0.3) is 11.2 Å². The summed E-state index contributed by atoms with van der Waals surface area (Å²) in [5.74, 6) is 0.711. The highest BCUT2D eigenvalue weighted by atomic mass is 16.2. The van der Waals surface area contributed by atoms with Crippen LogP contribution in [0, 0.1) is 20.8 Å². The highest BCUT2D eigenvalue weighted by Gasteiger charge is 2.29. The molecular weight excluding hydrogens is 390 g/mol. The standard InChI is InChI=1S/C24H25N5O2/c1-15-9-10-19(17(3)13-15)27-11-12-28-20-21(25-23(27)28)26(4)24(31)29(22(20)30)14-18-8-6-5-7-16(18)2/h5-10,13H,11-12,14H2,1-4H3. The SMILES string of the molecule is Cc1ccc(N2CCn3c2nc2c3c(=O)n(Cc3ccccc3C)c(=O)n2C)c(C)c1. The molecule has 7 nitrogen and oxygen atoms in total. The van der Waals surface area contributed by atoms with Crippen molar-refractivity contribution >= 4 is 22.8 Å². The van der Waals surface area contributed by atoms with Crippen molar-refractivity contribution in [3.05, 3.63) is 85.6 Å². The molecule has 0 spiro atoms. The van der Waals surface area contributed by atoms with Gasteiger partial charge in [0.25, 0.3) is 5.56 Å². The molecule has 5 rings (SSSR count). The van der Waals surface area contributed by atoms with Crippen LogP contribution in [-0.4, -0.2) is 25.2 Å². The van der Waals surface area contributed by atoms with Crippen LogP contribution in [0.4, 0.5) is 11.6 Å². The molecule has 0 atom stereocenters. The van der Waals surface area contributed by atoms with E-state index in [1.165, 1.54) is 14.7 Å². The minimum atomic E-state index is -0.351. The van der Waals surface area contributed by atoms with E-state index in [4.69, 9.17) is 4.98 Å². The largest absolute Gasteiger partial charge is 0.332 e.